The first-order valence-electron chi connectivity index (χ1n) is 7.14. The standard InChI is InChI=1S/C14H16ClN3O.C2H6/c1-11(19)16-7-6-14-17-8-9-18(14)10-12-4-2-3-5-13(12)15;1-2/h2-5,8-9H,6-7,10H2,1H3,(H,16,19);1-2H3. The lowest BCUT2D eigenvalue weighted by molar-refractivity contribution is -0.118. The molecule has 0 aliphatic heterocycles. The largest absolute Gasteiger partial charge is 0.356 e. The lowest BCUT2D eigenvalue weighted by Gasteiger charge is -2.09. The third-order valence-electron chi connectivity index (χ3n) is 2.82. The van der Waals surface area contributed by atoms with E-state index in [1.165, 1.54) is 6.92 Å². The highest BCUT2D eigenvalue weighted by Gasteiger charge is 2.05. The van der Waals surface area contributed by atoms with E-state index in [9.17, 15) is 4.79 Å². The van der Waals surface area contributed by atoms with E-state index in [1.807, 2.05) is 48.9 Å². The van der Waals surface area contributed by atoms with Crippen LogP contribution in [0.25, 0.3) is 0 Å². The predicted molar refractivity (Wildman–Crippen MR) is 86.5 cm³/mol. The minimum absolute atomic E-state index is 0.0239. The van der Waals surface area contributed by atoms with Crippen molar-refractivity contribution in [2.75, 3.05) is 6.54 Å². The van der Waals surface area contributed by atoms with Crippen LogP contribution in [0.4, 0.5) is 0 Å². The van der Waals surface area contributed by atoms with Gasteiger partial charge < -0.3 is 9.88 Å². The molecule has 5 heteroatoms. The van der Waals surface area contributed by atoms with Crippen molar-refractivity contribution in [1.82, 2.24) is 14.9 Å². The summed E-state index contributed by atoms with van der Waals surface area (Å²) >= 11 is 6.15. The average Bonchev–Trinajstić information content (AvgIpc) is 2.91. The molecule has 1 aromatic carbocycles. The fourth-order valence-electron chi connectivity index (χ4n) is 1.87. The minimum Gasteiger partial charge on any atom is -0.356 e. The van der Waals surface area contributed by atoms with Gasteiger partial charge in [-0.2, -0.15) is 0 Å². The molecule has 1 N–H and O–H groups in total. The molecule has 0 radical (unpaired) electrons. The van der Waals surface area contributed by atoms with Crippen molar-refractivity contribution in [2.24, 2.45) is 0 Å². The van der Waals surface area contributed by atoms with Crippen molar-refractivity contribution in [1.29, 1.82) is 0 Å². The summed E-state index contributed by atoms with van der Waals surface area (Å²) in [5, 5.41) is 3.52. The second-order valence-corrected chi connectivity index (χ2v) is 4.70. The first kappa shape index (κ1) is 17.2. The van der Waals surface area contributed by atoms with E-state index in [-0.39, 0.29) is 5.91 Å². The fraction of sp³-hybridized carbons (Fsp3) is 0.375. The summed E-state index contributed by atoms with van der Waals surface area (Å²) < 4.78 is 2.04. The molecule has 1 amide bonds. The Kier molecular flexibility index (Phi) is 7.54. The molecule has 114 valence electrons. The number of imidazole rings is 1. The smallest absolute Gasteiger partial charge is 0.216 e. The van der Waals surface area contributed by atoms with Gasteiger partial charge in [0.05, 0.1) is 6.54 Å². The van der Waals surface area contributed by atoms with Gasteiger partial charge >= 0.3 is 0 Å². The van der Waals surface area contributed by atoms with E-state index >= 15 is 0 Å². The SMILES string of the molecule is CC.CC(=O)NCCc1nccn1Cc1ccccc1Cl. The number of nitrogens with one attached hydrogen (secondary N) is 1. The summed E-state index contributed by atoms with van der Waals surface area (Å²) in [7, 11) is 0. The topological polar surface area (TPSA) is 46.9 Å². The highest BCUT2D eigenvalue weighted by atomic mass is 35.5. The summed E-state index contributed by atoms with van der Waals surface area (Å²) in [6.45, 7) is 6.79. The fourth-order valence-corrected chi connectivity index (χ4v) is 2.07. The van der Waals surface area contributed by atoms with E-state index in [0.717, 1.165) is 16.4 Å². The number of halogens is 1. The van der Waals surface area contributed by atoms with Crippen LogP contribution in [0.3, 0.4) is 0 Å². The molecule has 0 fully saturated rings. The number of aromatic nitrogens is 2. The van der Waals surface area contributed by atoms with Gasteiger partial charge in [0.15, 0.2) is 0 Å². The molecule has 0 aliphatic rings. The molecule has 0 unspecified atom stereocenters. The van der Waals surface area contributed by atoms with Crippen LogP contribution >= 0.6 is 11.6 Å². The molecule has 0 saturated carbocycles. The lowest BCUT2D eigenvalue weighted by atomic mass is 10.2. The van der Waals surface area contributed by atoms with Crippen LogP contribution in [-0.2, 0) is 17.8 Å². The molecule has 1 heterocycles. The van der Waals surface area contributed by atoms with E-state index in [0.29, 0.717) is 19.5 Å². The number of hydrogen-bond donors (Lipinski definition) is 1. The molecule has 0 atom stereocenters. The van der Waals surface area contributed by atoms with Crippen molar-refractivity contribution < 1.29 is 4.79 Å². The van der Waals surface area contributed by atoms with Gasteiger partial charge in [-0.05, 0) is 11.6 Å². The maximum absolute atomic E-state index is 10.8. The number of benzene rings is 1. The number of hydrogen-bond acceptors (Lipinski definition) is 2. The van der Waals surface area contributed by atoms with Crippen LogP contribution in [0.5, 0.6) is 0 Å². The van der Waals surface area contributed by atoms with Crippen LogP contribution in [0.15, 0.2) is 36.7 Å². The summed E-state index contributed by atoms with van der Waals surface area (Å²) in [6, 6.07) is 7.76. The molecule has 0 saturated heterocycles. The zero-order valence-corrected chi connectivity index (χ0v) is 13.5. The lowest BCUT2D eigenvalue weighted by Crippen LogP contribution is -2.23. The Labute approximate surface area is 131 Å². The Hall–Kier alpha value is -1.81. The molecule has 21 heavy (non-hydrogen) atoms. The first-order valence-corrected chi connectivity index (χ1v) is 7.52. The molecular weight excluding hydrogens is 286 g/mol. The third kappa shape index (κ3) is 5.60. The van der Waals surface area contributed by atoms with Gasteiger partial charge in [-0.15, -0.1) is 0 Å². The number of amides is 1. The van der Waals surface area contributed by atoms with E-state index < -0.39 is 0 Å². The Bertz CT molecular complexity index is 566. The van der Waals surface area contributed by atoms with Crippen LogP contribution in [-0.4, -0.2) is 22.0 Å². The molecule has 0 spiro atoms. The molecule has 0 aliphatic carbocycles. The van der Waals surface area contributed by atoms with Gasteiger partial charge in [-0.25, -0.2) is 4.98 Å². The average molecular weight is 308 g/mol. The van der Waals surface area contributed by atoms with Crippen molar-refractivity contribution in [3.8, 4) is 0 Å². The minimum atomic E-state index is -0.0239. The number of carbonyl (C=O) groups is 1. The molecule has 0 bridgehead atoms. The van der Waals surface area contributed by atoms with Crippen LogP contribution < -0.4 is 5.32 Å². The van der Waals surface area contributed by atoms with Crippen molar-refractivity contribution in [2.45, 2.75) is 33.7 Å². The third-order valence-corrected chi connectivity index (χ3v) is 3.19. The first-order chi connectivity index (χ1) is 10.2. The Morgan fingerprint density at radius 3 is 2.71 bits per heavy atom. The Morgan fingerprint density at radius 2 is 2.05 bits per heavy atom. The number of nitrogens with zero attached hydrogens (tertiary/aromatic N) is 2. The zero-order chi connectivity index (χ0) is 15.7. The molecular formula is C16H22ClN3O. The van der Waals surface area contributed by atoms with E-state index in [1.54, 1.807) is 6.20 Å². The molecule has 2 aromatic rings. The van der Waals surface area contributed by atoms with Crippen molar-refractivity contribution in [3.63, 3.8) is 0 Å². The Balaban J connectivity index is 0.00000106. The van der Waals surface area contributed by atoms with Crippen molar-refractivity contribution in [3.05, 3.63) is 53.1 Å². The van der Waals surface area contributed by atoms with E-state index in [4.69, 9.17) is 11.6 Å². The van der Waals surface area contributed by atoms with Gasteiger partial charge in [-0.3, -0.25) is 4.79 Å². The van der Waals surface area contributed by atoms with Gasteiger partial charge in [0.25, 0.3) is 0 Å². The molecule has 4 nitrogen and oxygen atoms in total. The maximum Gasteiger partial charge on any atom is 0.216 e. The second-order valence-electron chi connectivity index (χ2n) is 4.30. The van der Waals surface area contributed by atoms with Gasteiger partial charge in [0.2, 0.25) is 5.91 Å². The maximum atomic E-state index is 10.8. The number of carbonyl (C=O) groups excluding carboxylic acids is 1. The summed E-state index contributed by atoms with van der Waals surface area (Å²) in [5.74, 6) is 0.915. The van der Waals surface area contributed by atoms with Crippen LogP contribution in [0.2, 0.25) is 5.02 Å². The van der Waals surface area contributed by atoms with Crippen molar-refractivity contribution >= 4 is 17.5 Å². The van der Waals surface area contributed by atoms with Gasteiger partial charge in [0, 0.05) is 37.3 Å². The number of rotatable bonds is 5. The van der Waals surface area contributed by atoms with Crippen LogP contribution in [0, 0.1) is 0 Å². The monoisotopic (exact) mass is 307 g/mol. The van der Waals surface area contributed by atoms with E-state index in [2.05, 4.69) is 10.3 Å². The summed E-state index contributed by atoms with van der Waals surface area (Å²) in [5.41, 5.74) is 1.06. The van der Waals surface area contributed by atoms with Gasteiger partial charge in [0.1, 0.15) is 5.82 Å². The second kappa shape index (κ2) is 9.19. The van der Waals surface area contributed by atoms with Gasteiger partial charge in [-0.1, -0.05) is 43.6 Å². The summed E-state index contributed by atoms with van der Waals surface area (Å²) in [4.78, 5) is 15.1. The zero-order valence-electron chi connectivity index (χ0n) is 12.8. The normalized spacial score (nSPS) is 9.71. The highest BCUT2D eigenvalue weighted by Crippen LogP contribution is 2.16. The van der Waals surface area contributed by atoms with Crippen LogP contribution in [0.1, 0.15) is 32.2 Å². The summed E-state index contributed by atoms with van der Waals surface area (Å²) in [6.07, 6.45) is 4.39. The predicted octanol–water partition coefficient (Wildman–Crippen LogP) is 3.29. The highest BCUT2D eigenvalue weighted by molar-refractivity contribution is 6.31. The quantitative estimate of drug-likeness (QED) is 0.921. The molecule has 1 aromatic heterocycles. The molecule has 2 rings (SSSR count). The Morgan fingerprint density at radius 1 is 1.33 bits per heavy atom.